The molecule has 4 nitrogen and oxygen atoms in total. The van der Waals surface area contributed by atoms with E-state index in [1.165, 1.54) is 0 Å². The minimum atomic E-state index is -0.307. The molecule has 128 valence electrons. The number of halogens is 2. The fourth-order valence-corrected chi connectivity index (χ4v) is 3.12. The largest absolute Gasteiger partial charge is 0.322 e. The van der Waals surface area contributed by atoms with Crippen molar-refractivity contribution in [2.75, 3.05) is 5.32 Å². The van der Waals surface area contributed by atoms with Crippen LogP contribution in [0, 0.1) is 0 Å². The second-order valence-corrected chi connectivity index (χ2v) is 6.57. The third-order valence-corrected chi connectivity index (χ3v) is 4.59. The number of benzene rings is 3. The first kappa shape index (κ1) is 16.6. The Morgan fingerprint density at radius 1 is 0.962 bits per heavy atom. The van der Waals surface area contributed by atoms with Crippen molar-refractivity contribution in [2.24, 2.45) is 0 Å². The lowest BCUT2D eigenvalue weighted by Crippen LogP contribution is -2.12. The maximum atomic E-state index is 12.4. The molecule has 0 aliphatic rings. The Labute approximate surface area is 160 Å². The number of nitrogens with zero attached hydrogens (tertiary/aromatic N) is 2. The molecule has 1 heterocycles. The highest BCUT2D eigenvalue weighted by Gasteiger charge is 2.11. The number of anilines is 1. The van der Waals surface area contributed by atoms with E-state index in [9.17, 15) is 4.79 Å². The molecule has 0 saturated heterocycles. The van der Waals surface area contributed by atoms with Crippen LogP contribution in [0.5, 0.6) is 0 Å². The number of para-hydroxylation sites is 2. The quantitative estimate of drug-likeness (QED) is 0.503. The van der Waals surface area contributed by atoms with Gasteiger partial charge in [-0.1, -0.05) is 35.3 Å². The van der Waals surface area contributed by atoms with Gasteiger partial charge in [-0.3, -0.25) is 9.36 Å². The van der Waals surface area contributed by atoms with E-state index in [2.05, 4.69) is 10.3 Å². The van der Waals surface area contributed by atoms with E-state index in [0.717, 1.165) is 16.7 Å². The molecule has 0 spiro atoms. The van der Waals surface area contributed by atoms with Gasteiger partial charge >= 0.3 is 0 Å². The SMILES string of the molecule is O=C(Nc1ccc(-n2cnc3ccccc32)cc1)c1cc(Cl)ccc1Cl. The number of fused-ring (bicyclic) bond motifs is 1. The minimum absolute atomic E-state index is 0.307. The predicted octanol–water partition coefficient (Wildman–Crippen LogP) is 5.58. The van der Waals surface area contributed by atoms with E-state index < -0.39 is 0 Å². The molecule has 0 unspecified atom stereocenters. The van der Waals surface area contributed by atoms with E-state index in [1.54, 1.807) is 24.5 Å². The number of hydrogen-bond acceptors (Lipinski definition) is 2. The summed E-state index contributed by atoms with van der Waals surface area (Å²) in [5, 5.41) is 3.64. The third-order valence-electron chi connectivity index (χ3n) is 4.03. The summed E-state index contributed by atoms with van der Waals surface area (Å²) in [5.74, 6) is -0.307. The van der Waals surface area contributed by atoms with Crippen LogP contribution in [0.4, 0.5) is 5.69 Å². The molecule has 26 heavy (non-hydrogen) atoms. The van der Waals surface area contributed by atoms with Crippen molar-refractivity contribution in [1.82, 2.24) is 9.55 Å². The van der Waals surface area contributed by atoms with Crippen molar-refractivity contribution in [3.8, 4) is 5.69 Å². The molecule has 4 rings (SSSR count). The first-order valence-corrected chi connectivity index (χ1v) is 8.66. The number of nitrogens with one attached hydrogen (secondary N) is 1. The predicted molar refractivity (Wildman–Crippen MR) is 105 cm³/mol. The zero-order chi connectivity index (χ0) is 18.1. The van der Waals surface area contributed by atoms with E-state index in [1.807, 2.05) is 53.1 Å². The third kappa shape index (κ3) is 3.17. The van der Waals surface area contributed by atoms with Gasteiger partial charge in [0.2, 0.25) is 0 Å². The van der Waals surface area contributed by atoms with Crippen LogP contribution in [0.3, 0.4) is 0 Å². The Kier molecular flexibility index (Phi) is 4.37. The van der Waals surface area contributed by atoms with Gasteiger partial charge in [0.25, 0.3) is 5.91 Å². The van der Waals surface area contributed by atoms with Gasteiger partial charge in [-0.15, -0.1) is 0 Å². The number of hydrogen-bond donors (Lipinski definition) is 1. The molecule has 1 amide bonds. The van der Waals surface area contributed by atoms with Crippen LogP contribution in [-0.4, -0.2) is 15.5 Å². The lowest BCUT2D eigenvalue weighted by Gasteiger charge is -2.09. The summed E-state index contributed by atoms with van der Waals surface area (Å²) in [7, 11) is 0. The van der Waals surface area contributed by atoms with Crippen LogP contribution in [0.1, 0.15) is 10.4 Å². The normalized spacial score (nSPS) is 10.8. The summed E-state index contributed by atoms with van der Waals surface area (Å²) >= 11 is 12.0. The lowest BCUT2D eigenvalue weighted by atomic mass is 10.2. The molecule has 0 saturated carbocycles. The van der Waals surface area contributed by atoms with E-state index in [4.69, 9.17) is 23.2 Å². The molecule has 0 radical (unpaired) electrons. The first-order chi connectivity index (χ1) is 12.6. The number of carbonyl (C=O) groups excluding carboxylic acids is 1. The standard InChI is InChI=1S/C20H13Cl2N3O/c21-13-5-10-17(22)16(11-13)20(26)24-14-6-8-15(9-7-14)25-12-23-18-3-1-2-4-19(18)25/h1-12H,(H,24,26). The van der Waals surface area contributed by atoms with E-state index in [0.29, 0.717) is 21.3 Å². The van der Waals surface area contributed by atoms with Crippen molar-refractivity contribution in [3.05, 3.63) is 88.7 Å². The van der Waals surface area contributed by atoms with Gasteiger partial charge in [0, 0.05) is 16.4 Å². The molecule has 0 aliphatic carbocycles. The van der Waals surface area contributed by atoms with Crippen LogP contribution in [-0.2, 0) is 0 Å². The fraction of sp³-hybridized carbons (Fsp3) is 0. The molecule has 6 heteroatoms. The molecular formula is C20H13Cl2N3O. The second kappa shape index (κ2) is 6.83. The highest BCUT2D eigenvalue weighted by Crippen LogP contribution is 2.23. The fourth-order valence-electron chi connectivity index (χ4n) is 2.74. The van der Waals surface area contributed by atoms with Crippen LogP contribution in [0.2, 0.25) is 10.0 Å². The number of rotatable bonds is 3. The van der Waals surface area contributed by atoms with Gasteiger partial charge in [0.1, 0.15) is 6.33 Å². The van der Waals surface area contributed by atoms with Crippen LogP contribution >= 0.6 is 23.2 Å². The maximum absolute atomic E-state index is 12.4. The number of aromatic nitrogens is 2. The van der Waals surface area contributed by atoms with Gasteiger partial charge in [-0.2, -0.15) is 0 Å². The Balaban J connectivity index is 1.58. The highest BCUT2D eigenvalue weighted by molar-refractivity contribution is 6.36. The summed E-state index contributed by atoms with van der Waals surface area (Å²) in [6.07, 6.45) is 1.78. The van der Waals surface area contributed by atoms with Crippen molar-refractivity contribution >= 4 is 45.8 Å². The zero-order valence-corrected chi connectivity index (χ0v) is 15.0. The smallest absolute Gasteiger partial charge is 0.257 e. The topological polar surface area (TPSA) is 46.9 Å². The Bertz CT molecular complexity index is 1100. The molecule has 3 aromatic carbocycles. The van der Waals surface area contributed by atoms with Crippen molar-refractivity contribution in [2.45, 2.75) is 0 Å². The summed E-state index contributed by atoms with van der Waals surface area (Å²) in [6, 6.07) is 20.2. The monoisotopic (exact) mass is 381 g/mol. The Morgan fingerprint density at radius 3 is 2.54 bits per heavy atom. The number of amides is 1. The summed E-state index contributed by atoms with van der Waals surface area (Å²) < 4.78 is 1.99. The average Bonchev–Trinajstić information content (AvgIpc) is 3.08. The molecule has 0 atom stereocenters. The Morgan fingerprint density at radius 2 is 1.73 bits per heavy atom. The molecule has 0 bridgehead atoms. The highest BCUT2D eigenvalue weighted by atomic mass is 35.5. The zero-order valence-electron chi connectivity index (χ0n) is 13.5. The number of carbonyl (C=O) groups is 1. The number of imidazole rings is 1. The Hall–Kier alpha value is -2.82. The molecule has 1 aromatic heterocycles. The minimum Gasteiger partial charge on any atom is -0.322 e. The molecule has 1 N–H and O–H groups in total. The average molecular weight is 382 g/mol. The van der Waals surface area contributed by atoms with Gasteiger partial charge in [-0.25, -0.2) is 4.98 Å². The van der Waals surface area contributed by atoms with Crippen molar-refractivity contribution in [1.29, 1.82) is 0 Å². The summed E-state index contributed by atoms with van der Waals surface area (Å²) in [4.78, 5) is 16.8. The van der Waals surface area contributed by atoms with E-state index in [-0.39, 0.29) is 5.91 Å². The maximum Gasteiger partial charge on any atom is 0.257 e. The van der Waals surface area contributed by atoms with Crippen LogP contribution in [0.25, 0.3) is 16.7 Å². The van der Waals surface area contributed by atoms with Crippen LogP contribution in [0.15, 0.2) is 73.1 Å². The molecule has 4 aromatic rings. The van der Waals surface area contributed by atoms with Crippen molar-refractivity contribution in [3.63, 3.8) is 0 Å². The van der Waals surface area contributed by atoms with Gasteiger partial charge in [0.05, 0.1) is 21.6 Å². The summed E-state index contributed by atoms with van der Waals surface area (Å²) in [5.41, 5.74) is 3.91. The summed E-state index contributed by atoms with van der Waals surface area (Å²) in [6.45, 7) is 0. The van der Waals surface area contributed by atoms with Crippen LogP contribution < -0.4 is 5.32 Å². The molecule has 0 fully saturated rings. The van der Waals surface area contributed by atoms with Gasteiger partial charge < -0.3 is 5.32 Å². The van der Waals surface area contributed by atoms with Gasteiger partial charge in [-0.05, 0) is 54.6 Å². The lowest BCUT2D eigenvalue weighted by molar-refractivity contribution is 0.102. The van der Waals surface area contributed by atoms with Crippen molar-refractivity contribution < 1.29 is 4.79 Å². The molecular weight excluding hydrogens is 369 g/mol. The molecule has 0 aliphatic heterocycles. The van der Waals surface area contributed by atoms with E-state index >= 15 is 0 Å². The van der Waals surface area contributed by atoms with Gasteiger partial charge in [0.15, 0.2) is 0 Å². The second-order valence-electron chi connectivity index (χ2n) is 5.73. The first-order valence-electron chi connectivity index (χ1n) is 7.91.